The van der Waals surface area contributed by atoms with E-state index in [2.05, 4.69) is 24.3 Å². The second-order valence-corrected chi connectivity index (χ2v) is 5.32. The van der Waals surface area contributed by atoms with Crippen molar-refractivity contribution in [1.29, 1.82) is 0 Å². The number of nitrogens with one attached hydrogen (secondary N) is 1. The van der Waals surface area contributed by atoms with Gasteiger partial charge in [-0.15, -0.1) is 0 Å². The van der Waals surface area contributed by atoms with Crippen LogP contribution in [0.25, 0.3) is 0 Å². The highest BCUT2D eigenvalue weighted by Gasteiger charge is 2.15. The first kappa shape index (κ1) is 15.4. The van der Waals surface area contributed by atoms with Crippen LogP contribution in [0.5, 0.6) is 11.5 Å². The van der Waals surface area contributed by atoms with E-state index in [1.165, 1.54) is 11.3 Å². The summed E-state index contributed by atoms with van der Waals surface area (Å²) in [5.41, 5.74) is 4.47. The SMILES string of the molecule is COc1ccc(CNC(C)c2c(C)nn(C)c2C)cc1O. The lowest BCUT2D eigenvalue weighted by atomic mass is 10.1. The van der Waals surface area contributed by atoms with E-state index < -0.39 is 0 Å². The number of aromatic nitrogens is 2. The first-order chi connectivity index (χ1) is 9.93. The third kappa shape index (κ3) is 3.19. The molecule has 1 aromatic carbocycles. The van der Waals surface area contributed by atoms with Crippen LogP contribution in [0.4, 0.5) is 0 Å². The Balaban J connectivity index is 2.07. The van der Waals surface area contributed by atoms with Gasteiger partial charge in [-0.25, -0.2) is 0 Å². The summed E-state index contributed by atoms with van der Waals surface area (Å²) in [5, 5.41) is 17.7. The second-order valence-electron chi connectivity index (χ2n) is 5.32. The fourth-order valence-electron chi connectivity index (χ4n) is 2.64. The van der Waals surface area contributed by atoms with Crippen molar-refractivity contribution < 1.29 is 9.84 Å². The van der Waals surface area contributed by atoms with Gasteiger partial charge in [-0.2, -0.15) is 5.10 Å². The van der Waals surface area contributed by atoms with E-state index in [0.29, 0.717) is 12.3 Å². The van der Waals surface area contributed by atoms with Crippen molar-refractivity contribution in [2.75, 3.05) is 7.11 Å². The molecule has 2 N–H and O–H groups in total. The van der Waals surface area contributed by atoms with Gasteiger partial charge < -0.3 is 15.2 Å². The highest BCUT2D eigenvalue weighted by atomic mass is 16.5. The molecular formula is C16H23N3O2. The van der Waals surface area contributed by atoms with Gasteiger partial charge >= 0.3 is 0 Å². The van der Waals surface area contributed by atoms with Gasteiger partial charge in [0.05, 0.1) is 12.8 Å². The molecule has 0 bridgehead atoms. The summed E-state index contributed by atoms with van der Waals surface area (Å²) in [6.45, 7) is 6.90. The van der Waals surface area contributed by atoms with Gasteiger partial charge in [-0.3, -0.25) is 4.68 Å². The van der Waals surface area contributed by atoms with Crippen molar-refractivity contribution in [3.8, 4) is 11.5 Å². The molecule has 1 unspecified atom stereocenters. The Hall–Kier alpha value is -2.01. The number of ether oxygens (including phenoxy) is 1. The lowest BCUT2D eigenvalue weighted by Crippen LogP contribution is -2.19. The zero-order chi connectivity index (χ0) is 15.6. The summed E-state index contributed by atoms with van der Waals surface area (Å²) in [6.07, 6.45) is 0. The Bertz CT molecular complexity index is 635. The quantitative estimate of drug-likeness (QED) is 0.888. The zero-order valence-electron chi connectivity index (χ0n) is 13.3. The molecule has 2 aromatic rings. The number of aromatic hydroxyl groups is 1. The van der Waals surface area contributed by atoms with Gasteiger partial charge in [-0.1, -0.05) is 6.07 Å². The fraction of sp³-hybridized carbons (Fsp3) is 0.438. The van der Waals surface area contributed by atoms with E-state index in [1.807, 2.05) is 24.7 Å². The number of hydrogen-bond donors (Lipinski definition) is 2. The number of benzene rings is 1. The van der Waals surface area contributed by atoms with E-state index in [-0.39, 0.29) is 11.8 Å². The minimum Gasteiger partial charge on any atom is -0.504 e. The van der Waals surface area contributed by atoms with Crippen LogP contribution in [0.3, 0.4) is 0 Å². The van der Waals surface area contributed by atoms with Gasteiger partial charge in [0, 0.05) is 30.9 Å². The summed E-state index contributed by atoms with van der Waals surface area (Å²) in [7, 11) is 3.50. The van der Waals surface area contributed by atoms with E-state index in [0.717, 1.165) is 11.3 Å². The first-order valence-corrected chi connectivity index (χ1v) is 7.03. The highest BCUT2D eigenvalue weighted by Crippen LogP contribution is 2.27. The average Bonchev–Trinajstić information content (AvgIpc) is 2.70. The van der Waals surface area contributed by atoms with E-state index >= 15 is 0 Å². The molecular weight excluding hydrogens is 266 g/mol. The molecule has 0 saturated carbocycles. The third-order valence-electron chi connectivity index (χ3n) is 3.85. The van der Waals surface area contributed by atoms with Crippen LogP contribution < -0.4 is 10.1 Å². The van der Waals surface area contributed by atoms with E-state index in [9.17, 15) is 5.11 Å². The lowest BCUT2D eigenvalue weighted by molar-refractivity contribution is 0.373. The summed E-state index contributed by atoms with van der Waals surface area (Å²) in [6, 6.07) is 5.64. The van der Waals surface area contributed by atoms with Crippen LogP contribution in [0.15, 0.2) is 18.2 Å². The molecule has 0 aliphatic carbocycles. The molecule has 0 radical (unpaired) electrons. The fourth-order valence-corrected chi connectivity index (χ4v) is 2.64. The number of methoxy groups -OCH3 is 1. The largest absolute Gasteiger partial charge is 0.504 e. The molecule has 0 amide bonds. The van der Waals surface area contributed by atoms with Crippen molar-refractivity contribution >= 4 is 0 Å². The third-order valence-corrected chi connectivity index (χ3v) is 3.85. The Labute approximate surface area is 125 Å². The molecule has 5 nitrogen and oxygen atoms in total. The number of phenols is 1. The predicted octanol–water partition coefficient (Wildman–Crippen LogP) is 2.60. The number of hydrogen-bond acceptors (Lipinski definition) is 4. The van der Waals surface area contributed by atoms with Crippen molar-refractivity contribution in [3.63, 3.8) is 0 Å². The smallest absolute Gasteiger partial charge is 0.160 e. The molecule has 1 atom stereocenters. The van der Waals surface area contributed by atoms with Gasteiger partial charge in [-0.05, 0) is 38.5 Å². The summed E-state index contributed by atoms with van der Waals surface area (Å²) in [4.78, 5) is 0. The number of rotatable bonds is 5. The van der Waals surface area contributed by atoms with Crippen molar-refractivity contribution in [1.82, 2.24) is 15.1 Å². The van der Waals surface area contributed by atoms with Gasteiger partial charge in [0.2, 0.25) is 0 Å². The van der Waals surface area contributed by atoms with Crippen molar-refractivity contribution in [2.45, 2.75) is 33.4 Å². The molecule has 5 heteroatoms. The van der Waals surface area contributed by atoms with Gasteiger partial charge in [0.1, 0.15) is 0 Å². The highest BCUT2D eigenvalue weighted by molar-refractivity contribution is 5.41. The minimum atomic E-state index is 0.165. The maximum absolute atomic E-state index is 9.80. The lowest BCUT2D eigenvalue weighted by Gasteiger charge is -2.15. The first-order valence-electron chi connectivity index (χ1n) is 7.03. The van der Waals surface area contributed by atoms with Gasteiger partial charge in [0.25, 0.3) is 0 Å². The zero-order valence-corrected chi connectivity index (χ0v) is 13.3. The predicted molar refractivity (Wildman–Crippen MR) is 82.6 cm³/mol. The summed E-state index contributed by atoms with van der Waals surface area (Å²) in [5.74, 6) is 0.656. The van der Waals surface area contributed by atoms with Gasteiger partial charge in [0.15, 0.2) is 11.5 Å². The Kier molecular flexibility index (Phi) is 4.53. The minimum absolute atomic E-state index is 0.165. The number of phenolic OH excluding ortho intramolecular Hbond substituents is 1. The van der Waals surface area contributed by atoms with Crippen LogP contribution in [0, 0.1) is 13.8 Å². The van der Waals surface area contributed by atoms with E-state index in [1.54, 1.807) is 19.2 Å². The molecule has 1 aromatic heterocycles. The normalized spacial score (nSPS) is 12.4. The summed E-state index contributed by atoms with van der Waals surface area (Å²) < 4.78 is 6.95. The van der Waals surface area contributed by atoms with Crippen LogP contribution in [-0.4, -0.2) is 22.0 Å². The molecule has 0 fully saturated rings. The molecule has 114 valence electrons. The molecule has 0 aliphatic rings. The van der Waals surface area contributed by atoms with Crippen LogP contribution in [-0.2, 0) is 13.6 Å². The Morgan fingerprint density at radius 1 is 1.38 bits per heavy atom. The number of nitrogens with zero attached hydrogens (tertiary/aromatic N) is 2. The van der Waals surface area contributed by atoms with E-state index in [4.69, 9.17) is 4.74 Å². The average molecular weight is 289 g/mol. The van der Waals surface area contributed by atoms with Crippen LogP contribution in [0.1, 0.15) is 35.5 Å². The molecule has 1 heterocycles. The molecule has 0 aliphatic heterocycles. The standard InChI is InChI=1S/C16H23N3O2/c1-10(16-11(2)18-19(4)12(16)3)17-9-13-6-7-15(21-5)14(20)8-13/h6-8,10,17,20H,9H2,1-5H3. The molecule has 0 saturated heterocycles. The second kappa shape index (κ2) is 6.18. The molecule has 2 rings (SSSR count). The Morgan fingerprint density at radius 3 is 2.62 bits per heavy atom. The topological polar surface area (TPSA) is 59.3 Å². The number of aryl methyl sites for hydroxylation is 2. The van der Waals surface area contributed by atoms with Crippen molar-refractivity contribution in [3.05, 3.63) is 40.7 Å². The summed E-state index contributed by atoms with van der Waals surface area (Å²) >= 11 is 0. The van der Waals surface area contributed by atoms with Crippen molar-refractivity contribution in [2.24, 2.45) is 7.05 Å². The maximum Gasteiger partial charge on any atom is 0.160 e. The van der Waals surface area contributed by atoms with Crippen LogP contribution in [0.2, 0.25) is 0 Å². The monoisotopic (exact) mass is 289 g/mol. The van der Waals surface area contributed by atoms with Crippen LogP contribution >= 0.6 is 0 Å². The molecule has 0 spiro atoms. The Morgan fingerprint density at radius 2 is 2.10 bits per heavy atom. The molecule has 21 heavy (non-hydrogen) atoms. The maximum atomic E-state index is 9.80.